The van der Waals surface area contributed by atoms with Crippen LogP contribution in [0.2, 0.25) is 0 Å². The monoisotopic (exact) mass is 501 g/mol. The number of carboxylic acid groups (broad SMARTS) is 1. The first-order chi connectivity index (χ1) is 17.1. The Hall–Kier alpha value is -4.26. The molecule has 0 aliphatic carbocycles. The maximum Gasteiger partial charge on any atom is 0.326 e. The van der Waals surface area contributed by atoms with Crippen molar-refractivity contribution in [1.29, 1.82) is 0 Å². The Morgan fingerprint density at radius 3 is 2.22 bits per heavy atom. The molecule has 0 aliphatic rings. The number of aliphatic carboxylic acids is 1. The minimum atomic E-state index is -1.25. The average Bonchev–Trinajstić information content (AvgIpc) is 3.35. The molecule has 0 saturated heterocycles. The molecule has 0 bridgehead atoms. The number of hydrogen-bond donors (Lipinski definition) is 7. The minimum absolute atomic E-state index is 0.00651. The SMILES string of the molecule is CC(NC(=O)C(Cc1ccccc1)NC(=O)C(N)CCC(N)=O)C(=O)NC(Cc1cnc[nH]1)C(=O)O. The highest BCUT2D eigenvalue weighted by molar-refractivity contribution is 5.94. The summed E-state index contributed by atoms with van der Waals surface area (Å²) in [6, 6.07) is 4.36. The van der Waals surface area contributed by atoms with E-state index in [4.69, 9.17) is 11.5 Å². The number of primary amides is 1. The standard InChI is InChI=1S/C23H31N7O6/c1-13(20(32)30-18(23(35)36)10-15-11-26-12-27-15)28-22(34)17(9-14-5-3-2-4-6-14)29-21(33)16(24)7-8-19(25)31/h2-6,11-13,16-18H,7-10,24H2,1H3,(H2,25,31)(H,26,27)(H,28,34)(H,29,33)(H,30,32)(H,35,36). The van der Waals surface area contributed by atoms with E-state index >= 15 is 0 Å². The molecule has 194 valence electrons. The van der Waals surface area contributed by atoms with Crippen molar-refractivity contribution in [1.82, 2.24) is 25.9 Å². The van der Waals surface area contributed by atoms with Crippen LogP contribution in [0.4, 0.5) is 0 Å². The highest BCUT2D eigenvalue weighted by Gasteiger charge is 2.29. The van der Waals surface area contributed by atoms with E-state index in [-0.39, 0.29) is 25.7 Å². The van der Waals surface area contributed by atoms with E-state index in [1.54, 1.807) is 30.3 Å². The summed E-state index contributed by atoms with van der Waals surface area (Å²) in [4.78, 5) is 67.3. The van der Waals surface area contributed by atoms with Gasteiger partial charge < -0.3 is 37.5 Å². The Kier molecular flexibility index (Phi) is 10.6. The number of aromatic amines is 1. The lowest BCUT2D eigenvalue weighted by Crippen LogP contribution is -2.57. The third-order valence-electron chi connectivity index (χ3n) is 5.30. The number of nitrogens with zero attached hydrogens (tertiary/aromatic N) is 1. The molecule has 0 spiro atoms. The number of nitrogens with two attached hydrogens (primary N) is 2. The summed E-state index contributed by atoms with van der Waals surface area (Å²) < 4.78 is 0. The van der Waals surface area contributed by atoms with Crippen molar-refractivity contribution in [2.45, 2.75) is 56.8 Å². The van der Waals surface area contributed by atoms with Crippen molar-refractivity contribution in [2.75, 3.05) is 0 Å². The van der Waals surface area contributed by atoms with E-state index in [2.05, 4.69) is 25.9 Å². The van der Waals surface area contributed by atoms with Crippen molar-refractivity contribution in [3.05, 3.63) is 54.1 Å². The molecule has 2 aromatic rings. The normalized spacial score (nSPS) is 14.1. The Morgan fingerprint density at radius 1 is 0.972 bits per heavy atom. The first-order valence-corrected chi connectivity index (χ1v) is 11.3. The Morgan fingerprint density at radius 2 is 1.64 bits per heavy atom. The predicted molar refractivity (Wildman–Crippen MR) is 128 cm³/mol. The first kappa shape index (κ1) is 28.0. The fraction of sp³-hybridized carbons (Fsp3) is 0.391. The maximum atomic E-state index is 13.0. The molecular weight excluding hydrogens is 470 g/mol. The zero-order valence-corrected chi connectivity index (χ0v) is 19.8. The van der Waals surface area contributed by atoms with Crippen LogP contribution in [0, 0.1) is 0 Å². The third-order valence-corrected chi connectivity index (χ3v) is 5.30. The smallest absolute Gasteiger partial charge is 0.326 e. The van der Waals surface area contributed by atoms with Crippen LogP contribution in [0.15, 0.2) is 42.9 Å². The fourth-order valence-corrected chi connectivity index (χ4v) is 3.26. The van der Waals surface area contributed by atoms with E-state index in [9.17, 15) is 29.1 Å². The summed E-state index contributed by atoms with van der Waals surface area (Å²) in [5.41, 5.74) is 12.2. The van der Waals surface area contributed by atoms with Gasteiger partial charge in [-0.3, -0.25) is 19.2 Å². The Bertz CT molecular complexity index is 1040. The van der Waals surface area contributed by atoms with E-state index in [1.165, 1.54) is 19.4 Å². The topological polar surface area (TPSA) is 222 Å². The van der Waals surface area contributed by atoms with Gasteiger partial charge in [0.25, 0.3) is 0 Å². The maximum absolute atomic E-state index is 13.0. The molecule has 0 radical (unpaired) electrons. The van der Waals surface area contributed by atoms with Gasteiger partial charge in [-0.25, -0.2) is 9.78 Å². The van der Waals surface area contributed by atoms with Crippen LogP contribution < -0.4 is 27.4 Å². The van der Waals surface area contributed by atoms with E-state index < -0.39 is 53.8 Å². The van der Waals surface area contributed by atoms with Crippen LogP contribution in [-0.2, 0) is 36.8 Å². The number of amides is 4. The number of aromatic nitrogens is 2. The number of imidazole rings is 1. The quantitative estimate of drug-likeness (QED) is 0.158. The summed E-state index contributed by atoms with van der Waals surface area (Å²) in [6.45, 7) is 1.39. The first-order valence-electron chi connectivity index (χ1n) is 11.3. The van der Waals surface area contributed by atoms with Crippen molar-refractivity contribution < 1.29 is 29.1 Å². The van der Waals surface area contributed by atoms with Crippen LogP contribution in [0.5, 0.6) is 0 Å². The second-order valence-electron chi connectivity index (χ2n) is 8.27. The van der Waals surface area contributed by atoms with Gasteiger partial charge in [0, 0.05) is 31.2 Å². The zero-order chi connectivity index (χ0) is 26.7. The highest BCUT2D eigenvalue weighted by Crippen LogP contribution is 2.06. The van der Waals surface area contributed by atoms with Gasteiger partial charge in [-0.05, 0) is 18.9 Å². The van der Waals surface area contributed by atoms with Crippen LogP contribution in [0.25, 0.3) is 0 Å². The average molecular weight is 502 g/mol. The van der Waals surface area contributed by atoms with Crippen molar-refractivity contribution in [3.63, 3.8) is 0 Å². The molecule has 4 atom stereocenters. The van der Waals surface area contributed by atoms with Crippen molar-refractivity contribution >= 4 is 29.6 Å². The molecule has 13 heteroatoms. The molecule has 13 nitrogen and oxygen atoms in total. The largest absolute Gasteiger partial charge is 0.480 e. The van der Waals surface area contributed by atoms with Gasteiger partial charge in [0.15, 0.2) is 0 Å². The molecule has 1 aromatic carbocycles. The number of hydrogen-bond acceptors (Lipinski definition) is 7. The van der Waals surface area contributed by atoms with Crippen LogP contribution in [0.1, 0.15) is 31.0 Å². The van der Waals surface area contributed by atoms with Gasteiger partial charge in [-0.2, -0.15) is 0 Å². The fourth-order valence-electron chi connectivity index (χ4n) is 3.26. The number of rotatable bonds is 14. The van der Waals surface area contributed by atoms with Gasteiger partial charge in [-0.15, -0.1) is 0 Å². The van der Waals surface area contributed by atoms with Crippen LogP contribution >= 0.6 is 0 Å². The molecule has 9 N–H and O–H groups in total. The lowest BCUT2D eigenvalue weighted by atomic mass is 10.0. The molecule has 0 aliphatic heterocycles. The molecular formula is C23H31N7O6. The van der Waals surface area contributed by atoms with Crippen LogP contribution in [0.3, 0.4) is 0 Å². The van der Waals surface area contributed by atoms with Crippen molar-refractivity contribution in [2.24, 2.45) is 11.5 Å². The lowest BCUT2D eigenvalue weighted by Gasteiger charge is -2.23. The summed E-state index contributed by atoms with van der Waals surface area (Å²) in [5, 5.41) is 16.9. The molecule has 1 aromatic heterocycles. The number of carbonyl (C=O) groups is 5. The Labute approximate surface area is 207 Å². The van der Waals surface area contributed by atoms with E-state index in [1.807, 2.05) is 0 Å². The molecule has 0 fully saturated rings. The predicted octanol–water partition coefficient (Wildman–Crippen LogP) is -1.65. The summed E-state index contributed by atoms with van der Waals surface area (Å²) >= 11 is 0. The number of benzene rings is 1. The molecule has 4 unspecified atom stereocenters. The molecule has 4 amide bonds. The summed E-state index contributed by atoms with van der Waals surface area (Å²) in [7, 11) is 0. The number of H-pyrrole nitrogens is 1. The number of nitrogens with one attached hydrogen (secondary N) is 4. The third kappa shape index (κ3) is 9.18. The number of carbonyl (C=O) groups excluding carboxylic acids is 4. The molecule has 0 saturated carbocycles. The second-order valence-corrected chi connectivity index (χ2v) is 8.27. The lowest BCUT2D eigenvalue weighted by molar-refractivity contribution is -0.142. The summed E-state index contributed by atoms with van der Waals surface area (Å²) in [6.07, 6.45) is 2.82. The van der Waals surface area contributed by atoms with Gasteiger partial charge >= 0.3 is 5.97 Å². The number of carboxylic acids is 1. The summed E-state index contributed by atoms with van der Waals surface area (Å²) in [5.74, 6) is -3.91. The van der Waals surface area contributed by atoms with Gasteiger partial charge in [-0.1, -0.05) is 30.3 Å². The van der Waals surface area contributed by atoms with Gasteiger partial charge in [0.2, 0.25) is 23.6 Å². The van der Waals surface area contributed by atoms with E-state index in [0.29, 0.717) is 5.69 Å². The molecule has 2 rings (SSSR count). The second kappa shape index (κ2) is 13.6. The van der Waals surface area contributed by atoms with E-state index in [0.717, 1.165) is 5.56 Å². The molecule has 36 heavy (non-hydrogen) atoms. The minimum Gasteiger partial charge on any atom is -0.480 e. The highest BCUT2D eigenvalue weighted by atomic mass is 16.4. The zero-order valence-electron chi connectivity index (χ0n) is 19.8. The van der Waals surface area contributed by atoms with Gasteiger partial charge in [0.1, 0.15) is 18.1 Å². The van der Waals surface area contributed by atoms with Crippen molar-refractivity contribution in [3.8, 4) is 0 Å². The van der Waals surface area contributed by atoms with Gasteiger partial charge in [0.05, 0.1) is 12.4 Å². The molecule has 1 heterocycles. The van der Waals surface area contributed by atoms with Crippen LogP contribution in [-0.4, -0.2) is 68.8 Å². The Balaban J connectivity index is 2.05.